The predicted octanol–water partition coefficient (Wildman–Crippen LogP) is 3.21. The highest BCUT2D eigenvalue weighted by molar-refractivity contribution is 7.92. The molecule has 0 aliphatic carbocycles. The first kappa shape index (κ1) is 25.1. The maximum atomic E-state index is 13.1. The molecule has 1 aromatic heterocycles. The van der Waals surface area contributed by atoms with Crippen LogP contribution in [-0.2, 0) is 24.8 Å². The number of amides is 1. The van der Waals surface area contributed by atoms with Gasteiger partial charge < -0.3 is 5.32 Å². The SMILES string of the molecule is CS(=O)(=O)N(CCCC(=O)Nc1ccc(S(=O)(=O)Nc2cccnc2)cc1)c1ccc(F)cc1. The van der Waals surface area contributed by atoms with Crippen molar-refractivity contribution in [3.05, 3.63) is 78.9 Å². The van der Waals surface area contributed by atoms with Gasteiger partial charge in [-0.05, 0) is 67.1 Å². The van der Waals surface area contributed by atoms with Crippen molar-refractivity contribution < 1.29 is 26.0 Å². The molecule has 2 N–H and O–H groups in total. The Labute approximate surface area is 197 Å². The van der Waals surface area contributed by atoms with Crippen LogP contribution in [0.4, 0.5) is 21.5 Å². The van der Waals surface area contributed by atoms with E-state index in [1.807, 2.05) is 0 Å². The Balaban J connectivity index is 1.56. The molecule has 3 rings (SSSR count). The highest BCUT2D eigenvalue weighted by Crippen LogP contribution is 2.20. The van der Waals surface area contributed by atoms with Crippen molar-refractivity contribution in [2.45, 2.75) is 17.7 Å². The zero-order valence-electron chi connectivity index (χ0n) is 18.2. The summed E-state index contributed by atoms with van der Waals surface area (Å²) in [5.41, 5.74) is 1.02. The predicted molar refractivity (Wildman–Crippen MR) is 128 cm³/mol. The van der Waals surface area contributed by atoms with E-state index in [-0.39, 0.29) is 30.2 Å². The van der Waals surface area contributed by atoms with Gasteiger partial charge in [-0.3, -0.25) is 18.8 Å². The molecule has 2 aromatic carbocycles. The summed E-state index contributed by atoms with van der Waals surface area (Å²) in [7, 11) is -7.43. The van der Waals surface area contributed by atoms with Crippen molar-refractivity contribution in [3.63, 3.8) is 0 Å². The van der Waals surface area contributed by atoms with Gasteiger partial charge in [0.2, 0.25) is 15.9 Å². The summed E-state index contributed by atoms with van der Waals surface area (Å²) in [5, 5.41) is 2.65. The molecule has 34 heavy (non-hydrogen) atoms. The molecule has 0 bridgehead atoms. The van der Waals surface area contributed by atoms with Gasteiger partial charge in [0, 0.05) is 24.8 Å². The van der Waals surface area contributed by atoms with Crippen molar-refractivity contribution >= 4 is 43.0 Å². The average Bonchev–Trinajstić information content (AvgIpc) is 2.77. The smallest absolute Gasteiger partial charge is 0.261 e. The second-order valence-corrected chi connectivity index (χ2v) is 10.9. The van der Waals surface area contributed by atoms with Gasteiger partial charge in [0.25, 0.3) is 10.0 Å². The summed E-state index contributed by atoms with van der Waals surface area (Å²) in [4.78, 5) is 16.1. The molecule has 0 saturated carbocycles. The minimum absolute atomic E-state index is 0.0115. The largest absolute Gasteiger partial charge is 0.326 e. The van der Waals surface area contributed by atoms with Crippen LogP contribution in [-0.4, -0.2) is 40.5 Å². The first-order chi connectivity index (χ1) is 16.0. The molecule has 180 valence electrons. The molecule has 1 amide bonds. The monoisotopic (exact) mass is 506 g/mol. The molecule has 0 saturated heterocycles. The lowest BCUT2D eigenvalue weighted by molar-refractivity contribution is -0.116. The molecule has 12 heteroatoms. The summed E-state index contributed by atoms with van der Waals surface area (Å²) >= 11 is 0. The quantitative estimate of drug-likeness (QED) is 0.435. The van der Waals surface area contributed by atoms with E-state index < -0.39 is 25.9 Å². The normalized spacial score (nSPS) is 11.6. The number of hydrogen-bond donors (Lipinski definition) is 2. The number of carbonyl (C=O) groups is 1. The van der Waals surface area contributed by atoms with Crippen LogP contribution in [0.15, 0.2) is 78.0 Å². The van der Waals surface area contributed by atoms with E-state index in [4.69, 9.17) is 0 Å². The lowest BCUT2D eigenvalue weighted by Gasteiger charge is -2.22. The van der Waals surface area contributed by atoms with Gasteiger partial charge in [-0.2, -0.15) is 0 Å². The third-order valence-corrected chi connectivity index (χ3v) is 7.23. The third-order valence-electron chi connectivity index (χ3n) is 4.64. The Morgan fingerprint density at radius 1 is 0.971 bits per heavy atom. The average molecular weight is 507 g/mol. The van der Waals surface area contributed by atoms with E-state index in [2.05, 4.69) is 15.0 Å². The number of anilines is 3. The van der Waals surface area contributed by atoms with Crippen LogP contribution < -0.4 is 14.3 Å². The lowest BCUT2D eigenvalue weighted by atomic mass is 10.2. The fourth-order valence-corrected chi connectivity index (χ4v) is 5.06. The van der Waals surface area contributed by atoms with E-state index in [0.717, 1.165) is 22.7 Å². The molecule has 3 aromatic rings. The molecule has 0 aliphatic rings. The Kier molecular flexibility index (Phi) is 7.84. The van der Waals surface area contributed by atoms with Crippen molar-refractivity contribution in [2.24, 2.45) is 0 Å². The molecule has 0 unspecified atom stereocenters. The van der Waals surface area contributed by atoms with Crippen molar-refractivity contribution in [1.82, 2.24) is 4.98 Å². The van der Waals surface area contributed by atoms with Gasteiger partial charge in [0.05, 0.1) is 28.7 Å². The second kappa shape index (κ2) is 10.6. The van der Waals surface area contributed by atoms with Gasteiger partial charge in [0.15, 0.2) is 0 Å². The Hall–Kier alpha value is -3.51. The standard InChI is InChI=1S/C22H23FN4O5S2/c1-33(29,30)27(20-10-6-17(23)7-11-20)15-3-5-22(28)25-18-8-12-21(13-9-18)34(31,32)26-19-4-2-14-24-16-19/h2,4,6-14,16,26H,3,5,15H2,1H3,(H,25,28). The van der Waals surface area contributed by atoms with Crippen LogP contribution in [0.3, 0.4) is 0 Å². The van der Waals surface area contributed by atoms with E-state index in [0.29, 0.717) is 17.1 Å². The van der Waals surface area contributed by atoms with Crippen LogP contribution in [0.1, 0.15) is 12.8 Å². The van der Waals surface area contributed by atoms with Crippen LogP contribution in [0.2, 0.25) is 0 Å². The maximum Gasteiger partial charge on any atom is 0.261 e. The molecule has 0 atom stereocenters. The summed E-state index contributed by atoms with van der Waals surface area (Å²) in [6, 6.07) is 13.8. The van der Waals surface area contributed by atoms with E-state index >= 15 is 0 Å². The molecule has 0 aliphatic heterocycles. The van der Waals surface area contributed by atoms with Crippen LogP contribution in [0.25, 0.3) is 0 Å². The highest BCUT2D eigenvalue weighted by atomic mass is 32.2. The maximum absolute atomic E-state index is 13.1. The number of pyridine rings is 1. The molecule has 0 spiro atoms. The van der Waals surface area contributed by atoms with E-state index in [9.17, 15) is 26.0 Å². The van der Waals surface area contributed by atoms with Crippen molar-refractivity contribution in [2.75, 3.05) is 27.1 Å². The van der Waals surface area contributed by atoms with E-state index in [1.165, 1.54) is 48.8 Å². The number of halogens is 1. The lowest BCUT2D eigenvalue weighted by Crippen LogP contribution is -2.31. The summed E-state index contributed by atoms with van der Waals surface area (Å²) in [6.45, 7) is 0.0368. The van der Waals surface area contributed by atoms with Gasteiger partial charge in [-0.25, -0.2) is 21.2 Å². The van der Waals surface area contributed by atoms with Gasteiger partial charge >= 0.3 is 0 Å². The molecular weight excluding hydrogens is 483 g/mol. The van der Waals surface area contributed by atoms with Gasteiger partial charge in [-0.15, -0.1) is 0 Å². The fraction of sp³-hybridized carbons (Fsp3) is 0.182. The molecular formula is C22H23FN4O5S2. The number of sulfonamides is 2. The fourth-order valence-electron chi connectivity index (χ4n) is 3.06. The second-order valence-electron chi connectivity index (χ2n) is 7.33. The first-order valence-corrected chi connectivity index (χ1v) is 13.4. The van der Waals surface area contributed by atoms with Crippen LogP contribution >= 0.6 is 0 Å². The number of nitrogens with zero attached hydrogens (tertiary/aromatic N) is 2. The highest BCUT2D eigenvalue weighted by Gasteiger charge is 2.18. The first-order valence-electron chi connectivity index (χ1n) is 10.1. The van der Waals surface area contributed by atoms with Crippen LogP contribution in [0.5, 0.6) is 0 Å². The molecule has 9 nitrogen and oxygen atoms in total. The summed E-state index contributed by atoms with van der Waals surface area (Å²) < 4.78 is 65.7. The number of hydrogen-bond acceptors (Lipinski definition) is 6. The van der Waals surface area contributed by atoms with Gasteiger partial charge in [0.1, 0.15) is 5.82 Å². The number of rotatable bonds is 10. The molecule has 0 fully saturated rings. The zero-order valence-corrected chi connectivity index (χ0v) is 19.8. The molecule has 0 radical (unpaired) electrons. The topological polar surface area (TPSA) is 126 Å². The Morgan fingerprint density at radius 3 is 2.24 bits per heavy atom. The minimum Gasteiger partial charge on any atom is -0.326 e. The van der Waals surface area contributed by atoms with Gasteiger partial charge in [-0.1, -0.05) is 0 Å². The zero-order chi connectivity index (χ0) is 24.8. The Morgan fingerprint density at radius 2 is 1.65 bits per heavy atom. The minimum atomic E-state index is -3.81. The number of benzene rings is 2. The Bertz CT molecular complexity index is 1330. The third kappa shape index (κ3) is 6.99. The van der Waals surface area contributed by atoms with Crippen LogP contribution in [0, 0.1) is 5.82 Å². The summed E-state index contributed by atoms with van der Waals surface area (Å²) in [6.07, 6.45) is 4.19. The number of carbonyl (C=O) groups excluding carboxylic acids is 1. The summed E-state index contributed by atoms with van der Waals surface area (Å²) in [5.74, 6) is -0.847. The van der Waals surface area contributed by atoms with Crippen molar-refractivity contribution in [3.8, 4) is 0 Å². The number of nitrogens with one attached hydrogen (secondary N) is 2. The van der Waals surface area contributed by atoms with E-state index in [1.54, 1.807) is 12.1 Å². The number of aromatic nitrogens is 1. The molecule has 1 heterocycles. The van der Waals surface area contributed by atoms with Crippen molar-refractivity contribution in [1.29, 1.82) is 0 Å².